The number of ether oxygens (including phenoxy) is 1. The second-order valence-electron chi connectivity index (χ2n) is 5.05. The minimum absolute atomic E-state index is 0.0281. The summed E-state index contributed by atoms with van der Waals surface area (Å²) in [5.74, 6) is -0.260. The number of amides is 1. The maximum atomic E-state index is 11.9. The maximum absolute atomic E-state index is 11.9. The minimum atomic E-state index is -0.787. The number of anilines is 1. The van der Waals surface area contributed by atoms with Crippen molar-refractivity contribution in [2.75, 3.05) is 5.32 Å². The lowest BCUT2D eigenvalue weighted by atomic mass is 10.3. The SMILES string of the molecule is Cc1nc(NC(=O)[C@H](C)OC(=O)[C@H]2C[C@H]2C)sc1C. The lowest BCUT2D eigenvalue weighted by molar-refractivity contribution is -0.154. The highest BCUT2D eigenvalue weighted by Crippen LogP contribution is 2.38. The maximum Gasteiger partial charge on any atom is 0.309 e. The summed E-state index contributed by atoms with van der Waals surface area (Å²) < 4.78 is 5.14. The van der Waals surface area contributed by atoms with Gasteiger partial charge in [0, 0.05) is 4.88 Å². The molecule has 104 valence electrons. The molecule has 1 aromatic heterocycles. The fourth-order valence-corrected chi connectivity index (χ4v) is 2.52. The van der Waals surface area contributed by atoms with E-state index in [0.29, 0.717) is 11.0 Å². The van der Waals surface area contributed by atoms with Gasteiger partial charge in [0.15, 0.2) is 11.2 Å². The van der Waals surface area contributed by atoms with Gasteiger partial charge in [-0.15, -0.1) is 11.3 Å². The van der Waals surface area contributed by atoms with E-state index in [0.717, 1.165) is 17.0 Å². The summed E-state index contributed by atoms with van der Waals surface area (Å²) in [6.45, 7) is 7.41. The first-order valence-corrected chi connectivity index (χ1v) is 7.15. The Balaban J connectivity index is 1.87. The smallest absolute Gasteiger partial charge is 0.309 e. The van der Waals surface area contributed by atoms with E-state index in [4.69, 9.17) is 4.74 Å². The molecule has 19 heavy (non-hydrogen) atoms. The molecule has 2 rings (SSSR count). The van der Waals surface area contributed by atoms with Crippen LogP contribution in [-0.4, -0.2) is 23.0 Å². The van der Waals surface area contributed by atoms with Gasteiger partial charge < -0.3 is 4.74 Å². The molecule has 0 bridgehead atoms. The Hall–Kier alpha value is -1.43. The van der Waals surface area contributed by atoms with E-state index >= 15 is 0 Å². The topological polar surface area (TPSA) is 68.3 Å². The van der Waals surface area contributed by atoms with E-state index in [1.807, 2.05) is 20.8 Å². The second-order valence-corrected chi connectivity index (χ2v) is 6.25. The molecular weight excluding hydrogens is 264 g/mol. The van der Waals surface area contributed by atoms with Gasteiger partial charge in [-0.2, -0.15) is 0 Å². The number of thiazole rings is 1. The van der Waals surface area contributed by atoms with Crippen molar-refractivity contribution in [1.82, 2.24) is 4.98 Å². The third-order valence-electron chi connectivity index (χ3n) is 3.33. The molecule has 3 atom stereocenters. The zero-order chi connectivity index (χ0) is 14.2. The molecule has 0 unspecified atom stereocenters. The minimum Gasteiger partial charge on any atom is -0.452 e. The van der Waals surface area contributed by atoms with Crippen molar-refractivity contribution in [2.45, 2.75) is 40.2 Å². The molecule has 1 aliphatic rings. The zero-order valence-corrected chi connectivity index (χ0v) is 12.3. The molecule has 0 aliphatic heterocycles. The molecule has 1 N–H and O–H groups in total. The molecule has 1 saturated carbocycles. The van der Waals surface area contributed by atoms with Crippen LogP contribution in [0.5, 0.6) is 0 Å². The van der Waals surface area contributed by atoms with Gasteiger partial charge in [0.1, 0.15) is 0 Å². The van der Waals surface area contributed by atoms with E-state index in [1.54, 1.807) is 6.92 Å². The van der Waals surface area contributed by atoms with Crippen LogP contribution >= 0.6 is 11.3 Å². The standard InChI is InChI=1S/C13H18N2O3S/c1-6-5-10(6)12(17)18-8(3)11(16)15-13-14-7(2)9(4)19-13/h6,8,10H,5H2,1-4H3,(H,14,15,16)/t6-,8+,10+/m1/s1. The van der Waals surface area contributed by atoms with E-state index in [9.17, 15) is 9.59 Å². The Morgan fingerprint density at radius 3 is 2.58 bits per heavy atom. The molecule has 1 heterocycles. The lowest BCUT2D eigenvalue weighted by Crippen LogP contribution is -2.30. The average Bonchev–Trinajstić information content (AvgIpc) is 2.97. The van der Waals surface area contributed by atoms with Gasteiger partial charge in [-0.05, 0) is 33.1 Å². The number of esters is 1. The van der Waals surface area contributed by atoms with Gasteiger partial charge >= 0.3 is 5.97 Å². The summed E-state index contributed by atoms with van der Waals surface area (Å²) in [5.41, 5.74) is 0.900. The number of nitrogens with zero attached hydrogens (tertiary/aromatic N) is 1. The predicted molar refractivity (Wildman–Crippen MR) is 73.0 cm³/mol. The number of nitrogens with one attached hydrogen (secondary N) is 1. The van der Waals surface area contributed by atoms with Crippen molar-refractivity contribution in [2.24, 2.45) is 11.8 Å². The van der Waals surface area contributed by atoms with E-state index in [1.165, 1.54) is 11.3 Å². The molecule has 1 aliphatic carbocycles. The van der Waals surface area contributed by atoms with Crippen LogP contribution in [0.3, 0.4) is 0 Å². The summed E-state index contributed by atoms with van der Waals surface area (Å²) >= 11 is 1.41. The van der Waals surface area contributed by atoms with E-state index in [2.05, 4.69) is 10.3 Å². The first kappa shape index (κ1) is 14.0. The van der Waals surface area contributed by atoms with Crippen LogP contribution < -0.4 is 5.32 Å². The van der Waals surface area contributed by atoms with Crippen LogP contribution in [-0.2, 0) is 14.3 Å². The molecule has 0 saturated heterocycles. The summed E-state index contributed by atoms with van der Waals surface area (Å²) in [5, 5.41) is 3.21. The fourth-order valence-electron chi connectivity index (χ4n) is 1.70. The fraction of sp³-hybridized carbons (Fsp3) is 0.615. The first-order chi connectivity index (χ1) is 8.88. The Kier molecular flexibility index (Phi) is 3.89. The number of rotatable bonds is 4. The van der Waals surface area contributed by atoms with Crippen molar-refractivity contribution >= 4 is 28.3 Å². The second kappa shape index (κ2) is 5.28. The number of hydrogen-bond donors (Lipinski definition) is 1. The third kappa shape index (κ3) is 3.32. The van der Waals surface area contributed by atoms with Crippen molar-refractivity contribution in [3.63, 3.8) is 0 Å². The largest absolute Gasteiger partial charge is 0.452 e. The summed E-state index contributed by atoms with van der Waals surface area (Å²) in [6, 6.07) is 0. The first-order valence-electron chi connectivity index (χ1n) is 6.34. The molecule has 1 fully saturated rings. The summed E-state index contributed by atoms with van der Waals surface area (Å²) in [6.07, 6.45) is 0.0720. The lowest BCUT2D eigenvalue weighted by Gasteiger charge is -2.12. The normalized spacial score (nSPS) is 22.7. The Morgan fingerprint density at radius 1 is 1.47 bits per heavy atom. The highest BCUT2D eigenvalue weighted by Gasteiger charge is 2.41. The highest BCUT2D eigenvalue weighted by molar-refractivity contribution is 7.15. The number of aromatic nitrogens is 1. The monoisotopic (exact) mass is 282 g/mol. The van der Waals surface area contributed by atoms with Crippen molar-refractivity contribution < 1.29 is 14.3 Å². The van der Waals surface area contributed by atoms with Crippen molar-refractivity contribution in [3.05, 3.63) is 10.6 Å². The van der Waals surface area contributed by atoms with Gasteiger partial charge in [0.2, 0.25) is 0 Å². The molecule has 0 spiro atoms. The Morgan fingerprint density at radius 2 is 2.11 bits per heavy atom. The number of hydrogen-bond acceptors (Lipinski definition) is 5. The zero-order valence-electron chi connectivity index (χ0n) is 11.5. The van der Waals surface area contributed by atoms with Crippen LogP contribution in [0.4, 0.5) is 5.13 Å². The molecule has 0 radical (unpaired) electrons. The Labute approximate surface area is 116 Å². The van der Waals surface area contributed by atoms with Gasteiger partial charge in [0.05, 0.1) is 11.6 Å². The average molecular weight is 282 g/mol. The van der Waals surface area contributed by atoms with Crippen LogP contribution in [0.1, 0.15) is 30.8 Å². The molecule has 6 heteroatoms. The summed E-state index contributed by atoms with van der Waals surface area (Å²) in [7, 11) is 0. The van der Waals surface area contributed by atoms with E-state index in [-0.39, 0.29) is 17.8 Å². The van der Waals surface area contributed by atoms with Crippen LogP contribution in [0.15, 0.2) is 0 Å². The van der Waals surface area contributed by atoms with Crippen LogP contribution in [0, 0.1) is 25.7 Å². The number of carbonyl (C=O) groups excluding carboxylic acids is 2. The number of aryl methyl sites for hydroxylation is 2. The molecule has 1 aromatic rings. The van der Waals surface area contributed by atoms with Gasteiger partial charge in [0.25, 0.3) is 5.91 Å². The predicted octanol–water partition coefficient (Wildman–Crippen LogP) is 2.29. The molecular formula is C13H18N2O3S. The molecule has 0 aromatic carbocycles. The van der Waals surface area contributed by atoms with Crippen molar-refractivity contribution in [3.8, 4) is 0 Å². The molecule has 1 amide bonds. The van der Waals surface area contributed by atoms with Crippen LogP contribution in [0.25, 0.3) is 0 Å². The summed E-state index contributed by atoms with van der Waals surface area (Å²) in [4.78, 5) is 28.8. The number of carbonyl (C=O) groups is 2. The van der Waals surface area contributed by atoms with E-state index < -0.39 is 6.10 Å². The van der Waals surface area contributed by atoms with Crippen molar-refractivity contribution in [1.29, 1.82) is 0 Å². The third-order valence-corrected chi connectivity index (χ3v) is 4.32. The van der Waals surface area contributed by atoms with Gasteiger partial charge in [-0.1, -0.05) is 6.92 Å². The molecule has 5 nitrogen and oxygen atoms in total. The van der Waals surface area contributed by atoms with Gasteiger partial charge in [-0.3, -0.25) is 14.9 Å². The van der Waals surface area contributed by atoms with Gasteiger partial charge in [-0.25, -0.2) is 4.98 Å². The highest BCUT2D eigenvalue weighted by atomic mass is 32.1. The van der Waals surface area contributed by atoms with Crippen LogP contribution in [0.2, 0.25) is 0 Å². The quantitative estimate of drug-likeness (QED) is 0.860. The Bertz CT molecular complexity index is 492.